The van der Waals surface area contributed by atoms with Gasteiger partial charge in [0.15, 0.2) is 0 Å². The van der Waals surface area contributed by atoms with Gasteiger partial charge in [-0.3, -0.25) is 14.9 Å². The van der Waals surface area contributed by atoms with Gasteiger partial charge in [-0.05, 0) is 18.4 Å². The molecule has 0 saturated carbocycles. The van der Waals surface area contributed by atoms with Gasteiger partial charge in [0, 0.05) is 12.6 Å². The number of benzene rings is 1. The van der Waals surface area contributed by atoms with Crippen molar-refractivity contribution in [2.24, 2.45) is 5.92 Å². The molecule has 1 aromatic carbocycles. The molecule has 0 radical (unpaired) electrons. The van der Waals surface area contributed by atoms with Crippen LogP contribution in [0.5, 0.6) is 0 Å². The van der Waals surface area contributed by atoms with Crippen molar-refractivity contribution in [1.82, 2.24) is 5.32 Å². The predicted molar refractivity (Wildman–Crippen MR) is 65.0 cm³/mol. The number of nitro groups is 1. The fraction of sp³-hybridized carbons (Fsp3) is 0.417. The zero-order chi connectivity index (χ0) is 13.0. The van der Waals surface area contributed by atoms with E-state index in [2.05, 4.69) is 5.32 Å². The van der Waals surface area contributed by atoms with E-state index in [-0.39, 0.29) is 17.2 Å². The van der Waals surface area contributed by atoms with Crippen LogP contribution in [0.1, 0.15) is 29.8 Å². The minimum atomic E-state index is -0.530. The van der Waals surface area contributed by atoms with Crippen LogP contribution in [0.25, 0.3) is 0 Å². The van der Waals surface area contributed by atoms with E-state index in [4.69, 9.17) is 0 Å². The lowest BCUT2D eigenvalue weighted by Crippen LogP contribution is -2.28. The number of amides is 1. The van der Waals surface area contributed by atoms with Crippen LogP contribution >= 0.6 is 0 Å². The summed E-state index contributed by atoms with van der Waals surface area (Å²) < 4.78 is 0. The van der Waals surface area contributed by atoms with Gasteiger partial charge in [-0.1, -0.05) is 26.0 Å². The van der Waals surface area contributed by atoms with Crippen LogP contribution in [0, 0.1) is 23.0 Å². The number of carbonyl (C=O) groups is 1. The number of hydrogen-bond donors (Lipinski definition) is 1. The standard InChI is InChI=1S/C12H16N2O3/c1-8(2)7-13-12(15)11-9(3)5-4-6-10(11)14(16)17/h4-6,8H,7H2,1-3H3,(H,13,15). The molecule has 1 N–H and O–H groups in total. The van der Waals surface area contributed by atoms with E-state index in [9.17, 15) is 14.9 Å². The molecule has 0 heterocycles. The van der Waals surface area contributed by atoms with Crippen molar-refractivity contribution in [3.63, 3.8) is 0 Å². The van der Waals surface area contributed by atoms with Gasteiger partial charge in [0.1, 0.15) is 5.56 Å². The Bertz CT molecular complexity index is 441. The third kappa shape index (κ3) is 3.27. The second-order valence-electron chi connectivity index (χ2n) is 4.33. The molecule has 17 heavy (non-hydrogen) atoms. The lowest BCUT2D eigenvalue weighted by molar-refractivity contribution is -0.385. The lowest BCUT2D eigenvalue weighted by Gasteiger charge is -2.09. The van der Waals surface area contributed by atoms with E-state index in [1.165, 1.54) is 6.07 Å². The van der Waals surface area contributed by atoms with Gasteiger partial charge >= 0.3 is 0 Å². The van der Waals surface area contributed by atoms with E-state index in [1.54, 1.807) is 19.1 Å². The van der Waals surface area contributed by atoms with Crippen LogP contribution in [-0.2, 0) is 0 Å². The smallest absolute Gasteiger partial charge is 0.282 e. The molecule has 0 aromatic heterocycles. The molecule has 0 unspecified atom stereocenters. The fourth-order valence-corrected chi connectivity index (χ4v) is 1.49. The summed E-state index contributed by atoms with van der Waals surface area (Å²) in [5.41, 5.74) is 0.616. The molecule has 0 saturated heterocycles. The van der Waals surface area contributed by atoms with Crippen LogP contribution in [0.4, 0.5) is 5.69 Å². The van der Waals surface area contributed by atoms with Gasteiger partial charge in [0.05, 0.1) is 4.92 Å². The topological polar surface area (TPSA) is 72.2 Å². The summed E-state index contributed by atoms with van der Waals surface area (Å²) in [5.74, 6) is -0.0782. The van der Waals surface area contributed by atoms with Crippen molar-refractivity contribution in [3.05, 3.63) is 39.4 Å². The maximum atomic E-state index is 11.9. The van der Waals surface area contributed by atoms with Crippen molar-refractivity contribution >= 4 is 11.6 Å². The molecule has 5 heteroatoms. The molecule has 0 atom stereocenters. The maximum Gasteiger partial charge on any atom is 0.282 e. The molecule has 1 rings (SSSR count). The number of rotatable bonds is 4. The minimum absolute atomic E-state index is 0.147. The number of nitro benzene ring substituents is 1. The van der Waals surface area contributed by atoms with E-state index < -0.39 is 4.92 Å². The van der Waals surface area contributed by atoms with Crippen molar-refractivity contribution < 1.29 is 9.72 Å². The first-order chi connectivity index (χ1) is 7.93. The average molecular weight is 236 g/mol. The normalized spacial score (nSPS) is 10.4. The van der Waals surface area contributed by atoms with Gasteiger partial charge in [0.25, 0.3) is 11.6 Å². The second kappa shape index (κ2) is 5.43. The molecule has 92 valence electrons. The number of nitrogens with one attached hydrogen (secondary N) is 1. The molecule has 1 aromatic rings. The highest BCUT2D eigenvalue weighted by molar-refractivity contribution is 5.99. The van der Waals surface area contributed by atoms with Gasteiger partial charge < -0.3 is 5.32 Å². The molecular formula is C12H16N2O3. The first-order valence-corrected chi connectivity index (χ1v) is 5.45. The summed E-state index contributed by atoms with van der Waals surface area (Å²) in [4.78, 5) is 22.2. The first-order valence-electron chi connectivity index (χ1n) is 5.45. The fourth-order valence-electron chi connectivity index (χ4n) is 1.49. The third-order valence-corrected chi connectivity index (χ3v) is 2.35. The Kier molecular flexibility index (Phi) is 4.20. The third-order valence-electron chi connectivity index (χ3n) is 2.35. The zero-order valence-corrected chi connectivity index (χ0v) is 10.2. The van der Waals surface area contributed by atoms with Gasteiger partial charge in [-0.2, -0.15) is 0 Å². The quantitative estimate of drug-likeness (QED) is 0.644. The highest BCUT2D eigenvalue weighted by Gasteiger charge is 2.21. The Morgan fingerprint density at radius 2 is 2.12 bits per heavy atom. The molecule has 0 aliphatic rings. The highest BCUT2D eigenvalue weighted by Crippen LogP contribution is 2.21. The number of aryl methyl sites for hydroxylation is 1. The van der Waals surface area contributed by atoms with Gasteiger partial charge in [-0.15, -0.1) is 0 Å². The molecule has 0 fully saturated rings. The number of hydrogen-bond acceptors (Lipinski definition) is 3. The average Bonchev–Trinajstić information content (AvgIpc) is 2.25. The van der Waals surface area contributed by atoms with Crippen LogP contribution in [0.15, 0.2) is 18.2 Å². The molecule has 0 spiro atoms. The van der Waals surface area contributed by atoms with Crippen molar-refractivity contribution in [3.8, 4) is 0 Å². The van der Waals surface area contributed by atoms with Gasteiger partial charge in [-0.25, -0.2) is 0 Å². The second-order valence-corrected chi connectivity index (χ2v) is 4.33. The number of nitrogens with zero attached hydrogens (tertiary/aromatic N) is 1. The van der Waals surface area contributed by atoms with Crippen LogP contribution in [0.3, 0.4) is 0 Å². The summed E-state index contributed by atoms with van der Waals surface area (Å²) in [6, 6.07) is 4.61. The van der Waals surface area contributed by atoms with E-state index in [0.717, 1.165) is 0 Å². The Labute approximate surface area is 100.0 Å². The largest absolute Gasteiger partial charge is 0.352 e. The summed E-state index contributed by atoms with van der Waals surface area (Å²) in [5, 5.41) is 13.5. The monoisotopic (exact) mass is 236 g/mol. The van der Waals surface area contributed by atoms with E-state index in [0.29, 0.717) is 18.0 Å². The molecule has 5 nitrogen and oxygen atoms in total. The van der Waals surface area contributed by atoms with Crippen LogP contribution in [0.2, 0.25) is 0 Å². The Morgan fingerprint density at radius 3 is 2.65 bits per heavy atom. The zero-order valence-electron chi connectivity index (χ0n) is 10.2. The van der Waals surface area contributed by atoms with E-state index in [1.807, 2.05) is 13.8 Å². The lowest BCUT2D eigenvalue weighted by atomic mass is 10.1. The Balaban J connectivity index is 3.03. The SMILES string of the molecule is Cc1cccc([N+](=O)[O-])c1C(=O)NCC(C)C. The van der Waals surface area contributed by atoms with Crippen LogP contribution in [-0.4, -0.2) is 17.4 Å². The maximum absolute atomic E-state index is 11.9. The first kappa shape index (κ1) is 13.2. The summed E-state index contributed by atoms with van der Waals surface area (Å²) >= 11 is 0. The molecule has 1 amide bonds. The molecule has 0 aliphatic carbocycles. The molecular weight excluding hydrogens is 220 g/mol. The molecule has 0 aliphatic heterocycles. The van der Waals surface area contributed by atoms with E-state index >= 15 is 0 Å². The minimum Gasteiger partial charge on any atom is -0.352 e. The summed E-state index contributed by atoms with van der Waals surface area (Å²) in [7, 11) is 0. The van der Waals surface area contributed by atoms with Gasteiger partial charge in [0.2, 0.25) is 0 Å². The highest BCUT2D eigenvalue weighted by atomic mass is 16.6. The predicted octanol–water partition coefficient (Wildman–Crippen LogP) is 2.29. The van der Waals surface area contributed by atoms with Crippen molar-refractivity contribution in [2.45, 2.75) is 20.8 Å². The van der Waals surface area contributed by atoms with Crippen molar-refractivity contribution in [1.29, 1.82) is 0 Å². The number of carbonyl (C=O) groups excluding carboxylic acids is 1. The van der Waals surface area contributed by atoms with Crippen LogP contribution < -0.4 is 5.32 Å². The summed E-state index contributed by atoms with van der Waals surface area (Å²) in [6.45, 7) is 6.13. The Morgan fingerprint density at radius 1 is 1.47 bits per heavy atom. The molecule has 0 bridgehead atoms. The van der Waals surface area contributed by atoms with Crippen molar-refractivity contribution in [2.75, 3.05) is 6.54 Å². The Hall–Kier alpha value is -1.91. The summed E-state index contributed by atoms with van der Waals surface area (Å²) in [6.07, 6.45) is 0.